The minimum absolute atomic E-state index is 0.0717. The van der Waals surface area contributed by atoms with Gasteiger partial charge in [-0.05, 0) is 29.7 Å². The van der Waals surface area contributed by atoms with Gasteiger partial charge in [-0.2, -0.15) is 0 Å². The van der Waals surface area contributed by atoms with E-state index in [0.717, 1.165) is 5.75 Å². The van der Waals surface area contributed by atoms with Gasteiger partial charge in [0.2, 0.25) is 0 Å². The molecule has 0 aliphatic heterocycles. The molecule has 0 saturated heterocycles. The normalized spacial score (nSPS) is 19.7. The number of carbonyl (C=O) groups excluding carboxylic acids is 1. The van der Waals surface area contributed by atoms with E-state index in [1.54, 1.807) is 7.11 Å². The molecule has 25 heavy (non-hydrogen) atoms. The Hall–Kier alpha value is -2.81. The summed E-state index contributed by atoms with van der Waals surface area (Å²) in [6.07, 6.45) is 6.88. The van der Waals surface area contributed by atoms with Crippen LogP contribution in [0.5, 0.6) is 5.75 Å². The van der Waals surface area contributed by atoms with Crippen molar-refractivity contribution in [1.29, 1.82) is 0 Å². The zero-order valence-electron chi connectivity index (χ0n) is 14.5. The van der Waals surface area contributed by atoms with Crippen LogP contribution in [0, 0.1) is 0 Å². The van der Waals surface area contributed by atoms with Crippen molar-refractivity contribution >= 4 is 5.97 Å². The van der Waals surface area contributed by atoms with Crippen LogP contribution >= 0.6 is 0 Å². The Morgan fingerprint density at radius 2 is 1.60 bits per heavy atom. The van der Waals surface area contributed by atoms with E-state index in [1.165, 1.54) is 18.2 Å². The van der Waals surface area contributed by atoms with E-state index in [0.29, 0.717) is 12.0 Å². The van der Waals surface area contributed by atoms with Crippen LogP contribution in [-0.4, -0.2) is 20.2 Å². The van der Waals surface area contributed by atoms with E-state index in [1.807, 2.05) is 30.3 Å². The zero-order valence-corrected chi connectivity index (χ0v) is 14.5. The SMILES string of the molecule is COC(=O)C1=C[C@@H](c2ccccc2)[C@@H](c2ccc(OC)cc2)C=CC1. The first kappa shape index (κ1) is 17.0. The number of allylic oxidation sites excluding steroid dienone is 3. The molecule has 128 valence electrons. The minimum atomic E-state index is -0.263. The van der Waals surface area contributed by atoms with Gasteiger partial charge in [0.15, 0.2) is 0 Å². The number of rotatable bonds is 4. The minimum Gasteiger partial charge on any atom is -0.497 e. The second kappa shape index (κ2) is 7.84. The number of ether oxygens (including phenoxy) is 2. The van der Waals surface area contributed by atoms with Crippen LogP contribution in [0.1, 0.15) is 29.4 Å². The predicted octanol–water partition coefficient (Wildman–Crippen LogP) is 4.62. The third kappa shape index (κ3) is 3.82. The third-order valence-corrected chi connectivity index (χ3v) is 4.58. The Morgan fingerprint density at radius 1 is 0.920 bits per heavy atom. The lowest BCUT2D eigenvalue weighted by Crippen LogP contribution is -2.10. The maximum absolute atomic E-state index is 12.1. The number of hydrogen-bond acceptors (Lipinski definition) is 3. The van der Waals surface area contributed by atoms with Crippen molar-refractivity contribution in [3.8, 4) is 5.75 Å². The summed E-state index contributed by atoms with van der Waals surface area (Å²) in [6, 6.07) is 18.4. The fraction of sp³-hybridized carbons (Fsp3) is 0.227. The summed E-state index contributed by atoms with van der Waals surface area (Å²) in [5.41, 5.74) is 3.06. The molecule has 2 atom stereocenters. The second-order valence-corrected chi connectivity index (χ2v) is 6.05. The van der Waals surface area contributed by atoms with Crippen LogP contribution in [-0.2, 0) is 9.53 Å². The predicted molar refractivity (Wildman–Crippen MR) is 98.8 cm³/mol. The van der Waals surface area contributed by atoms with Gasteiger partial charge in [-0.3, -0.25) is 0 Å². The molecule has 3 rings (SSSR count). The molecule has 0 amide bonds. The maximum Gasteiger partial charge on any atom is 0.333 e. The lowest BCUT2D eigenvalue weighted by Gasteiger charge is -2.23. The Balaban J connectivity index is 2.04. The molecule has 0 heterocycles. The standard InChI is InChI=1S/C22H22O3/c1-24-19-13-11-17(12-14-19)20-10-6-9-18(22(23)25-2)15-21(20)16-7-4-3-5-8-16/h3-8,10-15,20-21H,9H2,1-2H3/t20-,21+/m1/s1. The average Bonchev–Trinajstić information content (AvgIpc) is 2.91. The number of esters is 1. The summed E-state index contributed by atoms with van der Waals surface area (Å²) in [7, 11) is 3.09. The number of benzene rings is 2. The van der Waals surface area contributed by atoms with E-state index in [-0.39, 0.29) is 17.8 Å². The zero-order chi connectivity index (χ0) is 17.6. The summed E-state index contributed by atoms with van der Waals surface area (Å²) in [5.74, 6) is 0.794. The summed E-state index contributed by atoms with van der Waals surface area (Å²) in [6.45, 7) is 0. The molecular formula is C22H22O3. The Bertz CT molecular complexity index is 773. The highest BCUT2D eigenvalue weighted by Gasteiger charge is 2.25. The second-order valence-electron chi connectivity index (χ2n) is 6.05. The van der Waals surface area contributed by atoms with E-state index >= 15 is 0 Å². The van der Waals surface area contributed by atoms with Gasteiger partial charge in [0.1, 0.15) is 5.75 Å². The van der Waals surface area contributed by atoms with Crippen molar-refractivity contribution in [3.63, 3.8) is 0 Å². The molecular weight excluding hydrogens is 312 g/mol. The van der Waals surface area contributed by atoms with E-state index < -0.39 is 0 Å². The first-order valence-electron chi connectivity index (χ1n) is 8.37. The maximum atomic E-state index is 12.1. The highest BCUT2D eigenvalue weighted by Crippen LogP contribution is 2.39. The molecule has 0 fully saturated rings. The molecule has 0 N–H and O–H groups in total. The van der Waals surface area contributed by atoms with Gasteiger partial charge in [0.25, 0.3) is 0 Å². The fourth-order valence-electron chi connectivity index (χ4n) is 3.26. The largest absolute Gasteiger partial charge is 0.497 e. The van der Waals surface area contributed by atoms with Crippen LogP contribution < -0.4 is 4.74 Å². The van der Waals surface area contributed by atoms with Crippen LogP contribution in [0.2, 0.25) is 0 Å². The third-order valence-electron chi connectivity index (χ3n) is 4.58. The fourth-order valence-corrected chi connectivity index (χ4v) is 3.26. The number of hydrogen-bond donors (Lipinski definition) is 0. The van der Waals surface area contributed by atoms with Gasteiger partial charge in [-0.25, -0.2) is 4.79 Å². The van der Waals surface area contributed by atoms with Crippen LogP contribution in [0.25, 0.3) is 0 Å². The topological polar surface area (TPSA) is 35.5 Å². The van der Waals surface area contributed by atoms with Crippen LogP contribution in [0.3, 0.4) is 0 Å². The first-order chi connectivity index (χ1) is 12.2. The molecule has 0 spiro atoms. The molecule has 1 aliphatic rings. The van der Waals surface area contributed by atoms with Gasteiger partial charge in [-0.1, -0.05) is 60.7 Å². The first-order valence-corrected chi connectivity index (χ1v) is 8.37. The summed E-state index contributed by atoms with van der Waals surface area (Å²) in [5, 5.41) is 0. The quantitative estimate of drug-likeness (QED) is 0.604. The van der Waals surface area contributed by atoms with E-state index in [2.05, 4.69) is 42.5 Å². The van der Waals surface area contributed by atoms with Crippen molar-refractivity contribution in [1.82, 2.24) is 0 Å². The molecule has 0 bridgehead atoms. The molecule has 0 saturated carbocycles. The number of methoxy groups -OCH3 is 2. The van der Waals surface area contributed by atoms with Crippen molar-refractivity contribution in [2.75, 3.05) is 14.2 Å². The molecule has 3 heteroatoms. The monoisotopic (exact) mass is 334 g/mol. The van der Waals surface area contributed by atoms with Crippen molar-refractivity contribution < 1.29 is 14.3 Å². The van der Waals surface area contributed by atoms with Crippen molar-refractivity contribution in [3.05, 3.63) is 89.5 Å². The van der Waals surface area contributed by atoms with Gasteiger partial charge < -0.3 is 9.47 Å². The average molecular weight is 334 g/mol. The lowest BCUT2D eigenvalue weighted by atomic mass is 9.81. The van der Waals surface area contributed by atoms with Crippen LogP contribution in [0.4, 0.5) is 0 Å². The Kier molecular flexibility index (Phi) is 5.34. The van der Waals surface area contributed by atoms with E-state index in [4.69, 9.17) is 9.47 Å². The molecule has 0 radical (unpaired) electrons. The molecule has 1 aliphatic carbocycles. The van der Waals surface area contributed by atoms with Gasteiger partial charge in [0, 0.05) is 17.4 Å². The molecule has 0 unspecified atom stereocenters. The van der Waals surface area contributed by atoms with Crippen molar-refractivity contribution in [2.45, 2.75) is 18.3 Å². The summed E-state index contributed by atoms with van der Waals surface area (Å²) in [4.78, 5) is 12.1. The highest BCUT2D eigenvalue weighted by atomic mass is 16.5. The molecule has 0 aromatic heterocycles. The van der Waals surface area contributed by atoms with Gasteiger partial charge in [-0.15, -0.1) is 0 Å². The Labute approximate surface area is 148 Å². The summed E-state index contributed by atoms with van der Waals surface area (Å²) >= 11 is 0. The molecule has 3 nitrogen and oxygen atoms in total. The van der Waals surface area contributed by atoms with Gasteiger partial charge >= 0.3 is 5.97 Å². The van der Waals surface area contributed by atoms with Crippen LogP contribution in [0.15, 0.2) is 78.4 Å². The lowest BCUT2D eigenvalue weighted by molar-refractivity contribution is -0.136. The number of carbonyl (C=O) groups is 1. The molecule has 2 aromatic carbocycles. The van der Waals surface area contributed by atoms with Crippen molar-refractivity contribution in [2.24, 2.45) is 0 Å². The van der Waals surface area contributed by atoms with E-state index in [9.17, 15) is 4.79 Å². The van der Waals surface area contributed by atoms with Gasteiger partial charge in [0.05, 0.1) is 14.2 Å². The highest BCUT2D eigenvalue weighted by molar-refractivity contribution is 5.89. The molecule has 2 aromatic rings. The Morgan fingerprint density at radius 3 is 2.24 bits per heavy atom. The smallest absolute Gasteiger partial charge is 0.333 e. The summed E-state index contributed by atoms with van der Waals surface area (Å²) < 4.78 is 10.2.